The summed E-state index contributed by atoms with van der Waals surface area (Å²) in [6.07, 6.45) is 7.40. The number of rotatable bonds is 17. The van der Waals surface area contributed by atoms with Gasteiger partial charge in [-0.05, 0) is 6.42 Å². The van der Waals surface area contributed by atoms with E-state index in [0.29, 0.717) is 17.6 Å². The summed E-state index contributed by atoms with van der Waals surface area (Å²) >= 11 is 0. The van der Waals surface area contributed by atoms with Gasteiger partial charge in [0.2, 0.25) is 0 Å². The van der Waals surface area contributed by atoms with Gasteiger partial charge in [0.15, 0.2) is 0 Å². The molecule has 0 aromatic heterocycles. The summed E-state index contributed by atoms with van der Waals surface area (Å²) in [6, 6.07) is 0. The number of nitrogens with zero attached hydrogens (tertiary/aromatic N) is 1. The van der Waals surface area contributed by atoms with Crippen LogP contribution in [0.5, 0.6) is 0 Å². The van der Waals surface area contributed by atoms with Gasteiger partial charge in [0, 0.05) is 6.61 Å². The molecule has 2 unspecified atom stereocenters. The van der Waals surface area contributed by atoms with Crippen molar-refractivity contribution in [3.05, 3.63) is 0 Å². The monoisotopic (exact) mass is 383 g/mol. The van der Waals surface area contributed by atoms with Crippen molar-refractivity contribution in [3.63, 3.8) is 0 Å². The number of phosphoric acid groups is 1. The summed E-state index contributed by atoms with van der Waals surface area (Å²) in [5.41, 5.74) is 0. The molecule has 0 aliphatic rings. The van der Waals surface area contributed by atoms with Gasteiger partial charge in [0.25, 0.3) is 7.82 Å². The molecule has 0 aliphatic carbocycles. The lowest BCUT2D eigenvalue weighted by atomic mass is 10.1. The molecule has 0 saturated carbocycles. The van der Waals surface area contributed by atoms with Crippen molar-refractivity contribution in [3.8, 4) is 0 Å². The molecule has 0 rings (SSSR count). The summed E-state index contributed by atoms with van der Waals surface area (Å²) < 4.78 is 27.0. The smallest absolute Gasteiger partial charge is 0.268 e. The maximum absolute atomic E-state index is 11.6. The fourth-order valence-corrected chi connectivity index (χ4v) is 2.80. The van der Waals surface area contributed by atoms with E-state index in [1.54, 1.807) is 0 Å². The van der Waals surface area contributed by atoms with Gasteiger partial charge in [0.1, 0.15) is 19.3 Å². The number of likely N-dealkylation sites (N-methyl/N-ethyl adjacent to an activating group) is 1. The van der Waals surface area contributed by atoms with Crippen molar-refractivity contribution in [2.45, 2.75) is 58.0 Å². The van der Waals surface area contributed by atoms with Crippen LogP contribution in [0.3, 0.4) is 0 Å². The maximum atomic E-state index is 11.6. The number of aliphatic hydroxyl groups is 1. The second-order valence-corrected chi connectivity index (χ2v) is 8.85. The van der Waals surface area contributed by atoms with E-state index in [1.807, 2.05) is 21.1 Å². The molecule has 2 atom stereocenters. The van der Waals surface area contributed by atoms with E-state index >= 15 is 0 Å². The lowest BCUT2D eigenvalue weighted by Gasteiger charge is -2.27. The molecule has 152 valence electrons. The topological polar surface area (TPSA) is 88.0 Å². The Labute approximate surface area is 153 Å². The summed E-state index contributed by atoms with van der Waals surface area (Å²) in [5, 5.41) is 9.70. The van der Waals surface area contributed by atoms with Crippen LogP contribution in [0.1, 0.15) is 51.9 Å². The molecule has 8 heteroatoms. The van der Waals surface area contributed by atoms with E-state index < -0.39 is 13.9 Å². The highest BCUT2D eigenvalue weighted by Gasteiger charge is 2.15. The summed E-state index contributed by atoms with van der Waals surface area (Å²) in [5.74, 6) is 0. The molecule has 25 heavy (non-hydrogen) atoms. The number of hydrogen-bond donors (Lipinski definition) is 1. The zero-order chi connectivity index (χ0) is 19.2. The minimum absolute atomic E-state index is 0.0507. The van der Waals surface area contributed by atoms with Crippen LogP contribution in [0.4, 0.5) is 0 Å². The molecule has 0 saturated heterocycles. The Morgan fingerprint density at radius 2 is 1.56 bits per heavy atom. The van der Waals surface area contributed by atoms with Crippen molar-refractivity contribution < 1.29 is 32.8 Å². The zero-order valence-corrected chi connectivity index (χ0v) is 17.3. The number of unbranched alkanes of at least 4 members (excludes halogenated alkanes) is 6. The van der Waals surface area contributed by atoms with Crippen molar-refractivity contribution >= 4 is 7.82 Å². The number of aliphatic hydroxyl groups excluding tert-OH is 1. The molecule has 0 radical (unpaired) electrons. The Bertz CT molecular complexity index is 362. The third kappa shape index (κ3) is 18.6. The SMILES string of the molecule is CCCCCCCCCOCC(O)COP(=O)([O-])OCC[N+](C)(C)C. The molecule has 0 bridgehead atoms. The van der Waals surface area contributed by atoms with Gasteiger partial charge in [-0.15, -0.1) is 0 Å². The van der Waals surface area contributed by atoms with E-state index in [-0.39, 0.29) is 19.8 Å². The van der Waals surface area contributed by atoms with E-state index in [2.05, 4.69) is 11.4 Å². The van der Waals surface area contributed by atoms with Crippen LogP contribution in [0, 0.1) is 0 Å². The Kier molecular flexibility index (Phi) is 14.1. The van der Waals surface area contributed by atoms with E-state index in [4.69, 9.17) is 9.26 Å². The first-order valence-corrected chi connectivity index (χ1v) is 10.8. The van der Waals surface area contributed by atoms with E-state index in [9.17, 15) is 14.6 Å². The van der Waals surface area contributed by atoms with Gasteiger partial charge in [-0.2, -0.15) is 0 Å². The van der Waals surface area contributed by atoms with Gasteiger partial charge in [-0.3, -0.25) is 4.57 Å². The second kappa shape index (κ2) is 14.1. The predicted octanol–water partition coefficient (Wildman–Crippen LogP) is 2.32. The Balaban J connectivity index is 3.59. The number of hydrogen-bond acceptors (Lipinski definition) is 6. The molecule has 0 aromatic carbocycles. The highest BCUT2D eigenvalue weighted by Crippen LogP contribution is 2.38. The zero-order valence-electron chi connectivity index (χ0n) is 16.4. The van der Waals surface area contributed by atoms with Crippen LogP contribution in [0.15, 0.2) is 0 Å². The first kappa shape index (κ1) is 25.0. The number of phosphoric ester groups is 1. The summed E-state index contributed by atoms with van der Waals surface area (Å²) in [7, 11) is 1.44. The molecule has 1 N–H and O–H groups in total. The average Bonchev–Trinajstić information content (AvgIpc) is 2.50. The molecular weight excluding hydrogens is 345 g/mol. The van der Waals surface area contributed by atoms with Crippen molar-refractivity contribution in [1.82, 2.24) is 0 Å². The summed E-state index contributed by atoms with van der Waals surface area (Å²) in [6.45, 7) is 3.08. The quantitative estimate of drug-likeness (QED) is 0.236. The van der Waals surface area contributed by atoms with Gasteiger partial charge < -0.3 is 28.3 Å². The number of ether oxygens (including phenoxy) is 1. The van der Waals surface area contributed by atoms with Gasteiger partial charge in [-0.1, -0.05) is 45.4 Å². The molecule has 0 aliphatic heterocycles. The normalized spacial score (nSPS) is 15.9. The highest BCUT2D eigenvalue weighted by molar-refractivity contribution is 7.45. The molecule has 7 nitrogen and oxygen atoms in total. The first-order chi connectivity index (χ1) is 11.7. The third-order valence-corrected chi connectivity index (χ3v) is 4.60. The standard InChI is InChI=1S/C17H38NO6P/c1-5-6-7-8-9-10-11-13-22-15-17(19)16-24-25(20,21)23-14-12-18(2,3)4/h17,19H,5-16H2,1-4H3. The minimum Gasteiger partial charge on any atom is -0.756 e. The third-order valence-electron chi connectivity index (χ3n) is 3.64. The van der Waals surface area contributed by atoms with Gasteiger partial charge in [-0.25, -0.2) is 0 Å². The van der Waals surface area contributed by atoms with Crippen LogP contribution in [0.2, 0.25) is 0 Å². The lowest BCUT2D eigenvalue weighted by Crippen LogP contribution is -2.37. The molecular formula is C17H38NO6P. The average molecular weight is 383 g/mol. The van der Waals surface area contributed by atoms with Crippen molar-refractivity contribution in [2.24, 2.45) is 0 Å². The van der Waals surface area contributed by atoms with Crippen molar-refractivity contribution in [1.29, 1.82) is 0 Å². The van der Waals surface area contributed by atoms with Crippen LogP contribution < -0.4 is 4.89 Å². The number of quaternary nitrogens is 1. The molecule has 0 spiro atoms. The fraction of sp³-hybridized carbons (Fsp3) is 1.00. The van der Waals surface area contributed by atoms with Gasteiger partial charge in [0.05, 0.1) is 34.4 Å². The van der Waals surface area contributed by atoms with E-state index in [0.717, 1.165) is 12.8 Å². The molecule has 0 aromatic rings. The van der Waals surface area contributed by atoms with Crippen LogP contribution >= 0.6 is 7.82 Å². The van der Waals surface area contributed by atoms with E-state index in [1.165, 1.54) is 32.1 Å². The molecule has 0 fully saturated rings. The van der Waals surface area contributed by atoms with Crippen molar-refractivity contribution in [2.75, 3.05) is 54.1 Å². The van der Waals surface area contributed by atoms with Crippen LogP contribution in [0.25, 0.3) is 0 Å². The second-order valence-electron chi connectivity index (χ2n) is 7.44. The summed E-state index contributed by atoms with van der Waals surface area (Å²) in [4.78, 5) is 11.6. The minimum atomic E-state index is -4.37. The van der Waals surface area contributed by atoms with Gasteiger partial charge >= 0.3 is 0 Å². The Morgan fingerprint density at radius 1 is 0.960 bits per heavy atom. The Morgan fingerprint density at radius 3 is 2.16 bits per heavy atom. The predicted molar refractivity (Wildman–Crippen MR) is 97.2 cm³/mol. The fourth-order valence-electron chi connectivity index (χ4n) is 2.07. The highest BCUT2D eigenvalue weighted by atomic mass is 31.2. The largest absolute Gasteiger partial charge is 0.756 e. The lowest BCUT2D eigenvalue weighted by molar-refractivity contribution is -0.870. The molecule has 0 amide bonds. The van der Waals surface area contributed by atoms with Crippen LogP contribution in [-0.4, -0.2) is 69.8 Å². The first-order valence-electron chi connectivity index (χ1n) is 9.32. The maximum Gasteiger partial charge on any atom is 0.268 e. The molecule has 0 heterocycles. The Hall–Kier alpha value is -0.0100. The van der Waals surface area contributed by atoms with Crippen LogP contribution in [-0.2, 0) is 18.3 Å².